The second-order valence-corrected chi connectivity index (χ2v) is 15.9. The number of rotatable bonds is 11. The molecule has 0 N–H and O–H groups in total. The molecule has 0 amide bonds. The van der Waals surface area contributed by atoms with Gasteiger partial charge in [-0.2, -0.15) is 0 Å². The average Bonchev–Trinajstić information content (AvgIpc) is 2.30. The zero-order valence-corrected chi connectivity index (χ0v) is 14.6. The third-order valence-corrected chi connectivity index (χ3v) is 15.3. The number of hydrogen-bond acceptors (Lipinski definition) is 1. The molecule has 0 atom stereocenters. The first-order chi connectivity index (χ1) is 8.10. The summed E-state index contributed by atoms with van der Waals surface area (Å²) in [5.41, 5.74) is 0. The third kappa shape index (κ3) is 8.02. The number of carbonyl (C=O) groups excluding carboxylic acids is 1. The van der Waals surface area contributed by atoms with E-state index in [1.165, 1.54) is 54.3 Å². The summed E-state index contributed by atoms with van der Waals surface area (Å²) in [4.78, 5) is 11.6. The van der Waals surface area contributed by atoms with Gasteiger partial charge in [0.1, 0.15) is 0 Å². The number of unbranched alkanes of at least 4 members (excludes halogenated alkanes) is 3. The quantitative estimate of drug-likeness (QED) is 0.465. The molecule has 0 bridgehead atoms. The second kappa shape index (κ2) is 10.2. The van der Waals surface area contributed by atoms with Gasteiger partial charge in [0.15, 0.2) is 0 Å². The maximum absolute atomic E-state index is 11.6. The predicted molar refractivity (Wildman–Crippen MR) is 80.4 cm³/mol. The van der Waals surface area contributed by atoms with E-state index in [0.29, 0.717) is 5.78 Å². The predicted octanol–water partition coefficient (Wildman–Crippen LogP) is 5.42. The van der Waals surface area contributed by atoms with Crippen molar-refractivity contribution >= 4 is 19.0 Å². The van der Waals surface area contributed by atoms with Crippen LogP contribution in [0.25, 0.3) is 0 Å². The van der Waals surface area contributed by atoms with Gasteiger partial charge in [-0.25, -0.2) is 0 Å². The maximum atomic E-state index is 11.6. The normalized spacial score (nSPS) is 11.8. The van der Waals surface area contributed by atoms with Crippen molar-refractivity contribution in [2.45, 2.75) is 87.2 Å². The summed E-state index contributed by atoms with van der Waals surface area (Å²) >= 11 is -1.83. The number of carbonyl (C=O) groups is 1. The molecule has 0 saturated carbocycles. The van der Waals surface area contributed by atoms with Crippen LogP contribution in [-0.4, -0.2) is 19.0 Å². The number of ketones is 1. The molecule has 0 heterocycles. The number of Topliss-reactive ketones (excluding diaryl/α,β-unsaturated/α-hetero) is 1. The minimum absolute atomic E-state index is 0.466. The van der Waals surface area contributed by atoms with Gasteiger partial charge in [-0.3, -0.25) is 0 Å². The SMILES string of the molecule is CCC[CH2][Ge]([CH2]CCC)([CH2]CCC)[CH2]C(C)=O. The first kappa shape index (κ1) is 17.2. The molecule has 1 nitrogen and oxygen atoms in total. The molecule has 0 aliphatic carbocycles. The van der Waals surface area contributed by atoms with Crippen molar-refractivity contribution in [3.8, 4) is 0 Å². The Bertz CT molecular complexity index is 179. The van der Waals surface area contributed by atoms with Crippen LogP contribution in [0, 0.1) is 0 Å². The summed E-state index contributed by atoms with van der Waals surface area (Å²) < 4.78 is 0. The van der Waals surface area contributed by atoms with Crippen LogP contribution < -0.4 is 0 Å². The van der Waals surface area contributed by atoms with Crippen LogP contribution in [0.3, 0.4) is 0 Å². The van der Waals surface area contributed by atoms with Gasteiger partial charge in [0.25, 0.3) is 0 Å². The van der Waals surface area contributed by atoms with E-state index in [2.05, 4.69) is 20.8 Å². The summed E-state index contributed by atoms with van der Waals surface area (Å²) in [7, 11) is 0. The Morgan fingerprint density at radius 1 is 0.824 bits per heavy atom. The van der Waals surface area contributed by atoms with Gasteiger partial charge in [-0.05, 0) is 0 Å². The van der Waals surface area contributed by atoms with Crippen molar-refractivity contribution in [3.05, 3.63) is 0 Å². The van der Waals surface area contributed by atoms with Crippen LogP contribution in [0.1, 0.15) is 66.2 Å². The van der Waals surface area contributed by atoms with Crippen LogP contribution in [0.5, 0.6) is 0 Å². The van der Waals surface area contributed by atoms with Crippen molar-refractivity contribution in [3.63, 3.8) is 0 Å². The van der Waals surface area contributed by atoms with Gasteiger partial charge < -0.3 is 0 Å². The monoisotopic (exact) mass is 302 g/mol. The molecule has 2 heteroatoms. The van der Waals surface area contributed by atoms with Crippen molar-refractivity contribution in [1.29, 1.82) is 0 Å². The Kier molecular flexibility index (Phi) is 10.3. The molecular formula is C15H32GeO. The van der Waals surface area contributed by atoms with E-state index in [9.17, 15) is 4.79 Å². The first-order valence-electron chi connectivity index (χ1n) is 7.59. The van der Waals surface area contributed by atoms with E-state index < -0.39 is 13.3 Å². The summed E-state index contributed by atoms with van der Waals surface area (Å²) in [6.07, 6.45) is 7.97. The molecule has 0 unspecified atom stereocenters. The Hall–Kier alpha value is 0.213. The fourth-order valence-corrected chi connectivity index (χ4v) is 14.7. The van der Waals surface area contributed by atoms with Crippen LogP contribution >= 0.6 is 0 Å². The van der Waals surface area contributed by atoms with E-state index in [1.807, 2.05) is 6.92 Å². The molecule has 0 rings (SSSR count). The molecule has 0 aromatic carbocycles. The summed E-state index contributed by atoms with van der Waals surface area (Å²) in [5.74, 6) is 0.466. The minimum atomic E-state index is -1.83. The molecule has 102 valence electrons. The fraction of sp³-hybridized carbons (Fsp3) is 0.933. The summed E-state index contributed by atoms with van der Waals surface area (Å²) in [6, 6.07) is 0. The molecule has 0 radical (unpaired) electrons. The molecule has 0 saturated heterocycles. The topological polar surface area (TPSA) is 17.1 Å². The van der Waals surface area contributed by atoms with Crippen molar-refractivity contribution in [1.82, 2.24) is 0 Å². The summed E-state index contributed by atoms with van der Waals surface area (Å²) in [5, 5.41) is 5.32. The molecule has 0 aliphatic rings. The van der Waals surface area contributed by atoms with Gasteiger partial charge in [0, 0.05) is 0 Å². The molecule has 0 aromatic heterocycles. The molecule has 0 aliphatic heterocycles. The van der Waals surface area contributed by atoms with E-state index in [-0.39, 0.29) is 0 Å². The van der Waals surface area contributed by atoms with Gasteiger partial charge in [-0.1, -0.05) is 0 Å². The van der Waals surface area contributed by atoms with E-state index >= 15 is 0 Å². The van der Waals surface area contributed by atoms with Gasteiger partial charge in [0.2, 0.25) is 0 Å². The zero-order valence-electron chi connectivity index (χ0n) is 12.5. The first-order valence-corrected chi connectivity index (χ1v) is 13.5. The Balaban J connectivity index is 4.56. The number of hydrogen-bond donors (Lipinski definition) is 0. The molecule has 17 heavy (non-hydrogen) atoms. The summed E-state index contributed by atoms with van der Waals surface area (Å²) in [6.45, 7) is 8.64. The van der Waals surface area contributed by atoms with Crippen molar-refractivity contribution in [2.24, 2.45) is 0 Å². The van der Waals surface area contributed by atoms with Crippen LogP contribution in [0.15, 0.2) is 0 Å². The van der Waals surface area contributed by atoms with Crippen LogP contribution in [-0.2, 0) is 4.79 Å². The molecule has 0 aromatic rings. The fourth-order valence-electron chi connectivity index (χ4n) is 2.82. The second-order valence-electron chi connectivity index (χ2n) is 5.69. The van der Waals surface area contributed by atoms with E-state index in [1.54, 1.807) is 0 Å². The molecular weight excluding hydrogens is 269 g/mol. The van der Waals surface area contributed by atoms with Gasteiger partial charge >= 0.3 is 111 Å². The Morgan fingerprint density at radius 2 is 1.18 bits per heavy atom. The third-order valence-electron chi connectivity index (χ3n) is 3.81. The average molecular weight is 301 g/mol. The standard InChI is InChI=1S/C15H32GeO/c1-5-8-11-16(12-9-6-2,13-10-7-3)14-15(4)17/h5-14H2,1-4H3. The van der Waals surface area contributed by atoms with Gasteiger partial charge in [-0.15, -0.1) is 0 Å². The van der Waals surface area contributed by atoms with Crippen LogP contribution in [0.2, 0.25) is 21.0 Å². The molecule has 0 fully saturated rings. The van der Waals surface area contributed by atoms with Crippen molar-refractivity contribution < 1.29 is 4.79 Å². The molecule has 0 spiro atoms. The Morgan fingerprint density at radius 3 is 1.41 bits per heavy atom. The van der Waals surface area contributed by atoms with E-state index in [4.69, 9.17) is 0 Å². The Labute approximate surface area is 111 Å². The van der Waals surface area contributed by atoms with E-state index in [0.717, 1.165) is 5.25 Å². The van der Waals surface area contributed by atoms with Gasteiger partial charge in [0.05, 0.1) is 0 Å². The van der Waals surface area contributed by atoms with Crippen molar-refractivity contribution in [2.75, 3.05) is 0 Å². The van der Waals surface area contributed by atoms with Crippen LogP contribution in [0.4, 0.5) is 0 Å². The zero-order chi connectivity index (χ0) is 13.1.